The summed E-state index contributed by atoms with van der Waals surface area (Å²) in [6, 6.07) is 3.83. The fourth-order valence-corrected chi connectivity index (χ4v) is 1.36. The number of rotatable bonds is 2. The molecule has 60 valence electrons. The van der Waals surface area contributed by atoms with Crippen molar-refractivity contribution in [3.05, 3.63) is 18.3 Å². The van der Waals surface area contributed by atoms with Gasteiger partial charge in [-0.3, -0.25) is 4.31 Å². The minimum atomic E-state index is 0.589. The minimum Gasteiger partial charge on any atom is -0.383 e. The lowest BCUT2D eigenvalue weighted by atomic mass is 10.5. The molecule has 1 heterocycles. The van der Waals surface area contributed by atoms with Crippen LogP contribution in [0.4, 0.5) is 5.82 Å². The molecule has 0 bridgehead atoms. The Morgan fingerprint density at radius 3 is 2.82 bits per heavy atom. The van der Waals surface area contributed by atoms with Gasteiger partial charge in [0.25, 0.3) is 0 Å². The number of aromatic nitrogens is 1. The van der Waals surface area contributed by atoms with Crippen LogP contribution in [0.3, 0.4) is 0 Å². The van der Waals surface area contributed by atoms with Crippen molar-refractivity contribution in [1.82, 2.24) is 9.29 Å². The molecule has 3 nitrogen and oxygen atoms in total. The smallest absolute Gasteiger partial charge is 0.138 e. The third kappa shape index (κ3) is 2.40. The Kier molecular flexibility index (Phi) is 2.73. The molecular formula is C7H11N3S. The van der Waals surface area contributed by atoms with E-state index in [4.69, 9.17) is 5.73 Å². The summed E-state index contributed by atoms with van der Waals surface area (Å²) in [6.45, 7) is 0. The number of hydrogen-bond donors (Lipinski definition) is 1. The van der Waals surface area contributed by atoms with Crippen molar-refractivity contribution in [1.29, 1.82) is 0 Å². The Morgan fingerprint density at radius 1 is 1.55 bits per heavy atom. The Hall–Kier alpha value is -0.740. The number of nitrogens with two attached hydrogens (primary N) is 1. The number of hydrogen-bond acceptors (Lipinski definition) is 4. The first-order valence-electron chi connectivity index (χ1n) is 3.26. The van der Waals surface area contributed by atoms with Gasteiger partial charge in [0.1, 0.15) is 5.82 Å². The lowest BCUT2D eigenvalue weighted by molar-refractivity contribution is 0.702. The molecule has 1 aromatic rings. The van der Waals surface area contributed by atoms with Gasteiger partial charge in [0.05, 0.1) is 4.90 Å². The molecule has 0 radical (unpaired) electrons. The van der Waals surface area contributed by atoms with Crippen molar-refractivity contribution in [3.8, 4) is 0 Å². The first-order chi connectivity index (χ1) is 5.20. The maximum Gasteiger partial charge on any atom is 0.138 e. The van der Waals surface area contributed by atoms with Crippen LogP contribution in [0.5, 0.6) is 0 Å². The van der Waals surface area contributed by atoms with Crippen LogP contribution >= 0.6 is 11.9 Å². The fraction of sp³-hybridized carbons (Fsp3) is 0.286. The molecular weight excluding hydrogens is 158 g/mol. The highest BCUT2D eigenvalue weighted by Crippen LogP contribution is 2.23. The van der Waals surface area contributed by atoms with Crippen LogP contribution in [0.15, 0.2) is 23.2 Å². The van der Waals surface area contributed by atoms with Gasteiger partial charge < -0.3 is 5.73 Å². The van der Waals surface area contributed by atoms with Crippen molar-refractivity contribution in [2.24, 2.45) is 0 Å². The lowest BCUT2D eigenvalue weighted by Gasteiger charge is -2.08. The summed E-state index contributed by atoms with van der Waals surface area (Å²) in [5.41, 5.74) is 5.61. The normalized spacial score (nSPS) is 10.5. The predicted octanol–water partition coefficient (Wildman–Crippen LogP) is 1.23. The second-order valence-electron chi connectivity index (χ2n) is 2.29. The summed E-state index contributed by atoms with van der Waals surface area (Å²) in [6.07, 6.45) is 1.69. The molecule has 0 fully saturated rings. The second-order valence-corrected chi connectivity index (χ2v) is 3.64. The van der Waals surface area contributed by atoms with E-state index >= 15 is 0 Å². The molecule has 0 aliphatic carbocycles. The molecule has 0 aliphatic heterocycles. The van der Waals surface area contributed by atoms with E-state index in [0.29, 0.717) is 5.82 Å². The van der Waals surface area contributed by atoms with Gasteiger partial charge in [-0.1, -0.05) is 0 Å². The Balaban J connectivity index is 2.78. The van der Waals surface area contributed by atoms with Crippen LogP contribution in [0.2, 0.25) is 0 Å². The van der Waals surface area contributed by atoms with Gasteiger partial charge >= 0.3 is 0 Å². The molecule has 2 N–H and O–H groups in total. The van der Waals surface area contributed by atoms with Gasteiger partial charge in [-0.25, -0.2) is 4.98 Å². The molecule has 0 amide bonds. The third-order valence-electron chi connectivity index (χ3n) is 1.08. The topological polar surface area (TPSA) is 42.2 Å². The third-order valence-corrected chi connectivity index (χ3v) is 1.99. The first-order valence-corrected chi connectivity index (χ1v) is 4.03. The van der Waals surface area contributed by atoms with Gasteiger partial charge in [0.2, 0.25) is 0 Å². The maximum absolute atomic E-state index is 5.61. The van der Waals surface area contributed by atoms with Gasteiger partial charge in [0.15, 0.2) is 0 Å². The van der Waals surface area contributed by atoms with E-state index in [-0.39, 0.29) is 0 Å². The van der Waals surface area contributed by atoms with Crippen LogP contribution in [0, 0.1) is 0 Å². The summed E-state index contributed by atoms with van der Waals surface area (Å²) in [5.74, 6) is 0.589. The van der Waals surface area contributed by atoms with Crippen molar-refractivity contribution in [2.75, 3.05) is 19.8 Å². The lowest BCUT2D eigenvalue weighted by Crippen LogP contribution is -2.01. The van der Waals surface area contributed by atoms with Crippen molar-refractivity contribution in [3.63, 3.8) is 0 Å². The number of anilines is 1. The zero-order chi connectivity index (χ0) is 8.27. The van der Waals surface area contributed by atoms with Crippen molar-refractivity contribution in [2.45, 2.75) is 4.90 Å². The van der Waals surface area contributed by atoms with Gasteiger partial charge in [0, 0.05) is 6.20 Å². The first kappa shape index (κ1) is 8.36. The van der Waals surface area contributed by atoms with Crippen LogP contribution in [-0.2, 0) is 0 Å². The summed E-state index contributed by atoms with van der Waals surface area (Å²) >= 11 is 1.57. The van der Waals surface area contributed by atoms with Crippen LogP contribution < -0.4 is 5.73 Å². The Morgan fingerprint density at radius 2 is 2.27 bits per heavy atom. The molecule has 0 aromatic carbocycles. The Bertz CT molecular complexity index is 237. The molecule has 4 heteroatoms. The number of nitrogen functional groups attached to an aromatic ring is 1. The van der Waals surface area contributed by atoms with Crippen molar-refractivity contribution >= 4 is 17.8 Å². The predicted molar refractivity (Wildman–Crippen MR) is 48.2 cm³/mol. The molecule has 0 saturated heterocycles. The highest BCUT2D eigenvalue weighted by molar-refractivity contribution is 7.97. The highest BCUT2D eigenvalue weighted by atomic mass is 32.2. The van der Waals surface area contributed by atoms with Gasteiger partial charge in [-0.2, -0.15) is 0 Å². The molecule has 11 heavy (non-hydrogen) atoms. The summed E-state index contributed by atoms with van der Waals surface area (Å²) in [4.78, 5) is 4.96. The molecule has 0 saturated carbocycles. The van der Waals surface area contributed by atoms with E-state index in [1.807, 2.05) is 30.5 Å². The molecule has 0 aliphatic rings. The maximum atomic E-state index is 5.61. The van der Waals surface area contributed by atoms with Crippen LogP contribution in [-0.4, -0.2) is 23.4 Å². The summed E-state index contributed by atoms with van der Waals surface area (Å²) < 4.78 is 1.98. The quantitative estimate of drug-likeness (QED) is 0.676. The van der Waals surface area contributed by atoms with E-state index in [0.717, 1.165) is 4.90 Å². The average molecular weight is 169 g/mol. The van der Waals surface area contributed by atoms with Gasteiger partial charge in [-0.15, -0.1) is 0 Å². The molecule has 0 spiro atoms. The van der Waals surface area contributed by atoms with Crippen LogP contribution in [0.1, 0.15) is 0 Å². The number of nitrogens with zero attached hydrogens (tertiary/aromatic N) is 2. The molecule has 1 aromatic heterocycles. The van der Waals surface area contributed by atoms with E-state index in [1.54, 1.807) is 18.1 Å². The van der Waals surface area contributed by atoms with E-state index in [2.05, 4.69) is 4.98 Å². The zero-order valence-corrected chi connectivity index (χ0v) is 7.43. The summed E-state index contributed by atoms with van der Waals surface area (Å²) in [5, 5.41) is 0. The van der Waals surface area contributed by atoms with Gasteiger partial charge in [-0.05, 0) is 38.2 Å². The molecule has 0 atom stereocenters. The van der Waals surface area contributed by atoms with Crippen LogP contribution in [0.25, 0.3) is 0 Å². The van der Waals surface area contributed by atoms with E-state index in [9.17, 15) is 0 Å². The summed E-state index contributed by atoms with van der Waals surface area (Å²) in [7, 11) is 3.94. The molecule has 1 rings (SSSR count). The van der Waals surface area contributed by atoms with E-state index < -0.39 is 0 Å². The average Bonchev–Trinajstić information content (AvgIpc) is 1.93. The minimum absolute atomic E-state index is 0.589. The number of pyridine rings is 1. The Labute approximate surface area is 70.7 Å². The van der Waals surface area contributed by atoms with Crippen molar-refractivity contribution < 1.29 is 0 Å². The van der Waals surface area contributed by atoms with E-state index in [1.165, 1.54) is 0 Å². The highest BCUT2D eigenvalue weighted by Gasteiger charge is 1.99. The monoisotopic (exact) mass is 169 g/mol. The second kappa shape index (κ2) is 3.59. The fourth-order valence-electron chi connectivity index (χ4n) is 0.677. The largest absolute Gasteiger partial charge is 0.383 e. The zero-order valence-electron chi connectivity index (χ0n) is 6.61. The SMILES string of the molecule is CN(C)Sc1cccnc1N. The molecule has 0 unspecified atom stereocenters. The standard InChI is InChI=1S/C7H11N3S/c1-10(2)11-6-4-3-5-9-7(6)8/h3-5H,1-2H3,(H2,8,9).